The van der Waals surface area contributed by atoms with Crippen molar-refractivity contribution in [2.45, 2.75) is 45.3 Å². The molecule has 0 fully saturated rings. The summed E-state index contributed by atoms with van der Waals surface area (Å²) in [6, 6.07) is 16.4. The third-order valence-electron chi connectivity index (χ3n) is 5.65. The fraction of sp³-hybridized carbons (Fsp3) is 0.435. The quantitative estimate of drug-likeness (QED) is 0.831. The van der Waals surface area contributed by atoms with Crippen molar-refractivity contribution in [1.29, 1.82) is 0 Å². The second kappa shape index (κ2) is 7.35. The molecule has 142 valence electrons. The van der Waals surface area contributed by atoms with Crippen LogP contribution in [0, 0.1) is 6.92 Å². The second-order valence-electron chi connectivity index (χ2n) is 7.59. The van der Waals surface area contributed by atoms with Crippen molar-refractivity contribution in [3.8, 4) is 5.75 Å². The third-order valence-corrected chi connectivity index (χ3v) is 5.65. The molecule has 0 aromatic heterocycles. The number of aliphatic hydroxyl groups is 1. The van der Waals surface area contributed by atoms with Crippen molar-refractivity contribution in [2.24, 2.45) is 0 Å². The Kier molecular flexibility index (Phi) is 4.92. The molecule has 2 aromatic carbocycles. The van der Waals surface area contributed by atoms with Crippen molar-refractivity contribution in [3.05, 3.63) is 59.7 Å². The zero-order chi connectivity index (χ0) is 18.9. The predicted octanol–water partition coefficient (Wildman–Crippen LogP) is 4.04. The lowest BCUT2D eigenvalue weighted by Gasteiger charge is -2.29. The maximum Gasteiger partial charge on any atom is 0.275 e. The van der Waals surface area contributed by atoms with Crippen LogP contribution in [0.4, 0.5) is 5.69 Å². The number of amidine groups is 1. The maximum atomic E-state index is 11.9. The number of ether oxygens (including phenoxy) is 1. The van der Waals surface area contributed by atoms with Crippen LogP contribution >= 0.6 is 0 Å². The van der Waals surface area contributed by atoms with Crippen LogP contribution in [0.15, 0.2) is 48.5 Å². The van der Waals surface area contributed by atoms with Crippen molar-refractivity contribution in [3.63, 3.8) is 0 Å². The van der Waals surface area contributed by atoms with Gasteiger partial charge in [-0.05, 0) is 69.5 Å². The van der Waals surface area contributed by atoms with Gasteiger partial charge in [-0.15, -0.1) is 0 Å². The van der Waals surface area contributed by atoms with Gasteiger partial charge in [0.25, 0.3) is 11.6 Å². The fourth-order valence-corrected chi connectivity index (χ4v) is 4.29. The minimum Gasteiger partial charge on any atom is -0.494 e. The number of anilines is 1. The Balaban J connectivity index is 1.77. The average molecular weight is 365 g/mol. The summed E-state index contributed by atoms with van der Waals surface area (Å²) < 4.78 is 7.96. The number of hydrogen-bond acceptors (Lipinski definition) is 3. The summed E-state index contributed by atoms with van der Waals surface area (Å²) in [5.74, 6) is 2.08. The summed E-state index contributed by atoms with van der Waals surface area (Å²) in [7, 11) is 0. The van der Waals surface area contributed by atoms with Gasteiger partial charge in [0.1, 0.15) is 11.4 Å². The van der Waals surface area contributed by atoms with E-state index < -0.39 is 5.72 Å². The molecule has 1 atom stereocenters. The van der Waals surface area contributed by atoms with Crippen LogP contribution in [0.1, 0.15) is 43.7 Å². The Morgan fingerprint density at radius 1 is 1.04 bits per heavy atom. The lowest BCUT2D eigenvalue weighted by atomic mass is 9.99. The van der Waals surface area contributed by atoms with Crippen molar-refractivity contribution >= 4 is 11.5 Å². The number of benzene rings is 2. The topological polar surface area (TPSA) is 35.7 Å². The Bertz CT molecular complexity index is 826. The molecule has 0 bridgehead atoms. The summed E-state index contributed by atoms with van der Waals surface area (Å²) in [5.41, 5.74) is 2.13. The standard InChI is InChI=1S/C23H29N2O2/c1-3-27-21-14-10-19(11-15-21)23(26)17-24-16-6-4-5-7-22(24)25(23)20-12-8-18(2)9-13-20/h8-15,26H,3-7,16-17H2,1-2H3/q+1/t23-/m0/s1. The molecule has 0 unspecified atom stereocenters. The summed E-state index contributed by atoms with van der Waals surface area (Å²) in [6.45, 7) is 6.33. The first-order chi connectivity index (χ1) is 13.1. The number of rotatable bonds is 4. The molecule has 0 saturated heterocycles. The molecule has 4 nitrogen and oxygen atoms in total. The van der Waals surface area contributed by atoms with Gasteiger partial charge in [-0.25, -0.2) is 0 Å². The average Bonchev–Trinajstić information content (AvgIpc) is 2.80. The Labute approximate surface area is 161 Å². The normalized spacial score (nSPS) is 22.6. The highest BCUT2D eigenvalue weighted by Gasteiger charge is 2.53. The second-order valence-corrected chi connectivity index (χ2v) is 7.59. The molecule has 1 N–H and O–H groups in total. The molecule has 2 aliphatic rings. The lowest BCUT2D eigenvalue weighted by molar-refractivity contribution is -0.534. The van der Waals surface area contributed by atoms with E-state index >= 15 is 0 Å². The maximum absolute atomic E-state index is 11.9. The molecule has 4 heteroatoms. The van der Waals surface area contributed by atoms with Crippen molar-refractivity contribution in [2.75, 3.05) is 24.6 Å². The van der Waals surface area contributed by atoms with E-state index in [1.807, 2.05) is 31.2 Å². The van der Waals surface area contributed by atoms with Gasteiger partial charge >= 0.3 is 0 Å². The monoisotopic (exact) mass is 365 g/mol. The van der Waals surface area contributed by atoms with Gasteiger partial charge in [0.15, 0.2) is 6.54 Å². The first kappa shape index (κ1) is 18.1. The molecule has 2 aliphatic heterocycles. The molecule has 27 heavy (non-hydrogen) atoms. The first-order valence-electron chi connectivity index (χ1n) is 10.1. The van der Waals surface area contributed by atoms with Gasteiger partial charge in [-0.3, -0.25) is 4.58 Å². The van der Waals surface area contributed by atoms with Crippen molar-refractivity contribution in [1.82, 2.24) is 0 Å². The third kappa shape index (κ3) is 3.34. The summed E-state index contributed by atoms with van der Waals surface area (Å²) in [5, 5.41) is 11.9. The smallest absolute Gasteiger partial charge is 0.275 e. The number of aryl methyl sites for hydroxylation is 1. The minimum absolute atomic E-state index is 0.601. The molecule has 0 radical (unpaired) electrons. The van der Waals surface area contributed by atoms with Crippen LogP contribution in [0.2, 0.25) is 0 Å². The van der Waals surface area contributed by atoms with Gasteiger partial charge < -0.3 is 9.84 Å². The fourth-order valence-electron chi connectivity index (χ4n) is 4.29. The highest BCUT2D eigenvalue weighted by molar-refractivity contribution is 5.97. The molecule has 0 saturated carbocycles. The molecule has 0 aliphatic carbocycles. The van der Waals surface area contributed by atoms with Gasteiger partial charge in [-0.1, -0.05) is 17.7 Å². The van der Waals surface area contributed by atoms with Gasteiger partial charge in [0.2, 0.25) is 0 Å². The largest absolute Gasteiger partial charge is 0.494 e. The molecule has 4 rings (SSSR count). The van der Waals surface area contributed by atoms with Crippen LogP contribution in [0.25, 0.3) is 0 Å². The SMILES string of the molecule is CCOc1ccc([C@@]2(O)C[N+]3=C(CCCCC3)N2c2ccc(C)cc2)cc1. The van der Waals surface area contributed by atoms with Crippen LogP contribution in [0.3, 0.4) is 0 Å². The summed E-state index contributed by atoms with van der Waals surface area (Å²) >= 11 is 0. The van der Waals surface area contributed by atoms with E-state index in [0.717, 1.165) is 30.0 Å². The van der Waals surface area contributed by atoms with E-state index in [9.17, 15) is 5.11 Å². The van der Waals surface area contributed by atoms with Gasteiger partial charge in [0, 0.05) is 12.0 Å². The van der Waals surface area contributed by atoms with Crippen LogP contribution in [0.5, 0.6) is 5.75 Å². The highest BCUT2D eigenvalue weighted by Crippen LogP contribution is 2.38. The van der Waals surface area contributed by atoms with Crippen LogP contribution in [-0.4, -0.2) is 35.2 Å². The highest BCUT2D eigenvalue weighted by atomic mass is 16.5. The first-order valence-corrected chi connectivity index (χ1v) is 10.1. The Morgan fingerprint density at radius 3 is 2.48 bits per heavy atom. The zero-order valence-electron chi connectivity index (χ0n) is 16.3. The molecule has 0 amide bonds. The lowest BCUT2D eigenvalue weighted by Crippen LogP contribution is -2.47. The van der Waals surface area contributed by atoms with E-state index in [2.05, 4.69) is 40.7 Å². The van der Waals surface area contributed by atoms with E-state index in [-0.39, 0.29) is 0 Å². The summed E-state index contributed by atoms with van der Waals surface area (Å²) in [4.78, 5) is 2.16. The molecule has 0 spiro atoms. The number of hydrogen-bond donors (Lipinski definition) is 1. The molecule has 2 aromatic rings. The van der Waals surface area contributed by atoms with Crippen LogP contribution < -0.4 is 9.64 Å². The Hall–Kier alpha value is -2.33. The van der Waals surface area contributed by atoms with E-state index in [0.29, 0.717) is 13.2 Å². The number of nitrogens with zero attached hydrogens (tertiary/aromatic N) is 2. The minimum atomic E-state index is -1.06. The molecular weight excluding hydrogens is 336 g/mol. The van der Waals surface area contributed by atoms with E-state index in [4.69, 9.17) is 4.74 Å². The predicted molar refractivity (Wildman–Crippen MR) is 109 cm³/mol. The van der Waals surface area contributed by atoms with Crippen LogP contribution in [-0.2, 0) is 5.72 Å². The van der Waals surface area contributed by atoms with E-state index in [1.165, 1.54) is 30.7 Å². The van der Waals surface area contributed by atoms with Crippen molar-refractivity contribution < 1.29 is 14.4 Å². The molecule has 2 heterocycles. The Morgan fingerprint density at radius 2 is 1.78 bits per heavy atom. The van der Waals surface area contributed by atoms with Gasteiger partial charge in [0.05, 0.1) is 13.2 Å². The molecular formula is C23H29N2O2+. The van der Waals surface area contributed by atoms with Gasteiger partial charge in [-0.2, -0.15) is 4.90 Å². The zero-order valence-corrected chi connectivity index (χ0v) is 16.3. The van der Waals surface area contributed by atoms with E-state index in [1.54, 1.807) is 0 Å². The summed E-state index contributed by atoms with van der Waals surface area (Å²) in [6.07, 6.45) is 4.62.